The van der Waals surface area contributed by atoms with Gasteiger partial charge in [0.05, 0.1) is 0 Å². The third-order valence-corrected chi connectivity index (χ3v) is 4.04. The number of rotatable bonds is 2. The molecule has 0 aromatic heterocycles. The highest BCUT2D eigenvalue weighted by Crippen LogP contribution is 2.06. The van der Waals surface area contributed by atoms with Crippen molar-refractivity contribution >= 4 is 15.4 Å². The van der Waals surface area contributed by atoms with Crippen LogP contribution in [0.15, 0.2) is 0 Å². The zero-order chi connectivity index (χ0) is 9.19. The highest BCUT2D eigenvalue weighted by Gasteiger charge is 2.17. The van der Waals surface area contributed by atoms with E-state index in [2.05, 4.69) is 24.6 Å². The summed E-state index contributed by atoms with van der Waals surface area (Å²) in [7, 11) is -1.69. The summed E-state index contributed by atoms with van der Waals surface area (Å²) in [6.45, 7) is 7.52. The monoisotopic (exact) mass is 189 g/mol. The topological polar surface area (TPSA) is 20.3 Å². The molecule has 1 fully saturated rings. The average Bonchev–Trinajstić information content (AvgIpc) is 1.93. The van der Waals surface area contributed by atoms with Crippen LogP contribution in [0.2, 0.25) is 0 Å². The molecule has 0 atom stereocenters. The van der Waals surface area contributed by atoms with Crippen LogP contribution < -0.4 is 0 Å². The Hall–Kier alpha value is -0.0200. The average molecular weight is 189 g/mol. The van der Waals surface area contributed by atoms with Crippen LogP contribution in [-0.2, 0) is 9.52 Å². The lowest BCUT2D eigenvalue weighted by Crippen LogP contribution is -2.41. The van der Waals surface area contributed by atoms with Crippen LogP contribution >= 0.6 is 0 Å². The molecule has 2 nitrogen and oxygen atoms in total. The van der Waals surface area contributed by atoms with Gasteiger partial charge in [-0.3, -0.25) is 4.21 Å². The van der Waals surface area contributed by atoms with Crippen molar-refractivity contribution in [2.75, 3.05) is 31.1 Å². The summed E-state index contributed by atoms with van der Waals surface area (Å²) in [5.74, 6) is 6.04. The largest absolute Gasteiger partial charge is 0.301 e. The van der Waals surface area contributed by atoms with E-state index < -0.39 is 9.52 Å². The van der Waals surface area contributed by atoms with Crippen molar-refractivity contribution in [3.63, 3.8) is 0 Å². The minimum absolute atomic E-state index is 0.712. The van der Waals surface area contributed by atoms with Crippen molar-refractivity contribution in [3.8, 4) is 0 Å². The van der Waals surface area contributed by atoms with Crippen LogP contribution in [0.5, 0.6) is 0 Å². The van der Waals surface area contributed by atoms with Gasteiger partial charge >= 0.3 is 0 Å². The van der Waals surface area contributed by atoms with Crippen molar-refractivity contribution in [3.05, 3.63) is 0 Å². The second-order valence-corrected chi connectivity index (χ2v) is 6.82. The molecule has 1 rings (SSSR count). The lowest BCUT2D eigenvalue weighted by atomic mass is 10.2. The van der Waals surface area contributed by atoms with Crippen LogP contribution in [0, 0.1) is 5.92 Å². The molecule has 72 valence electrons. The lowest BCUT2D eigenvalue weighted by molar-refractivity contribution is 0.266. The van der Waals surface area contributed by atoms with E-state index in [1.54, 1.807) is 0 Å². The molecule has 0 bridgehead atoms. The first-order chi connectivity index (χ1) is 5.49. The first-order valence-corrected chi connectivity index (χ1v) is 6.61. The highest BCUT2D eigenvalue weighted by molar-refractivity contribution is 8.00. The fourth-order valence-electron chi connectivity index (χ4n) is 1.50. The maximum absolute atomic E-state index is 11.5. The number of hydrogen-bond acceptors (Lipinski definition) is 2. The fraction of sp³-hybridized carbons (Fsp3) is 0.889. The Morgan fingerprint density at radius 3 is 2.33 bits per heavy atom. The Bertz CT molecular complexity index is 217. The van der Waals surface area contributed by atoms with Crippen molar-refractivity contribution in [1.29, 1.82) is 0 Å². The van der Waals surface area contributed by atoms with E-state index in [1.165, 1.54) is 0 Å². The van der Waals surface area contributed by atoms with E-state index in [0.717, 1.165) is 31.1 Å². The Morgan fingerprint density at radius 1 is 1.42 bits per heavy atom. The molecule has 3 heteroatoms. The molecule has 0 aromatic carbocycles. The smallest absolute Gasteiger partial charge is 0.0287 e. The molecule has 0 aliphatic carbocycles. The molecule has 0 amide bonds. The van der Waals surface area contributed by atoms with Gasteiger partial charge in [-0.15, -0.1) is 0 Å². The molecule has 12 heavy (non-hydrogen) atoms. The Balaban J connectivity index is 2.36. The molecular weight excluding hydrogens is 170 g/mol. The van der Waals surface area contributed by atoms with Crippen molar-refractivity contribution in [1.82, 2.24) is 4.90 Å². The lowest BCUT2D eigenvalue weighted by Gasteiger charge is -2.29. The molecule has 0 spiro atoms. The summed E-state index contributed by atoms with van der Waals surface area (Å²) in [5.41, 5.74) is 0. The molecule has 1 aliphatic heterocycles. The van der Waals surface area contributed by atoms with Gasteiger partial charge in [-0.25, -0.2) is 0 Å². The minimum Gasteiger partial charge on any atom is -0.301 e. The summed E-state index contributed by atoms with van der Waals surface area (Å²) < 4.78 is 11.5. The summed E-state index contributed by atoms with van der Waals surface area (Å²) in [4.78, 5) is 2.39. The van der Waals surface area contributed by atoms with Gasteiger partial charge in [0, 0.05) is 31.1 Å². The predicted molar refractivity (Wildman–Crippen MR) is 56.3 cm³/mol. The highest BCUT2D eigenvalue weighted by atomic mass is 32.2. The second kappa shape index (κ2) is 3.79. The van der Waals surface area contributed by atoms with Gasteiger partial charge in [0.2, 0.25) is 0 Å². The van der Waals surface area contributed by atoms with E-state index in [1.807, 2.05) is 0 Å². The predicted octanol–water partition coefficient (Wildman–Crippen LogP) is 0.674. The Labute approximate surface area is 76.0 Å². The van der Waals surface area contributed by atoms with Crippen LogP contribution in [0.1, 0.15) is 13.8 Å². The molecule has 1 aliphatic rings. The maximum atomic E-state index is 11.5. The van der Waals surface area contributed by atoms with E-state index in [9.17, 15) is 4.21 Å². The SMILES string of the molecule is C=S1(=O)CCN(CC(C)C)CC1. The second-order valence-electron chi connectivity index (χ2n) is 4.07. The van der Waals surface area contributed by atoms with Gasteiger partial charge in [-0.05, 0) is 21.3 Å². The molecule has 1 heterocycles. The molecule has 0 N–H and O–H groups in total. The third-order valence-electron chi connectivity index (χ3n) is 2.18. The van der Waals surface area contributed by atoms with Gasteiger partial charge in [0.15, 0.2) is 0 Å². The molecule has 0 aromatic rings. The molecule has 0 unspecified atom stereocenters. The van der Waals surface area contributed by atoms with Gasteiger partial charge in [0.1, 0.15) is 0 Å². The summed E-state index contributed by atoms with van der Waals surface area (Å²) >= 11 is 0. The summed E-state index contributed by atoms with van der Waals surface area (Å²) in [6.07, 6.45) is 0. The van der Waals surface area contributed by atoms with Crippen molar-refractivity contribution in [2.45, 2.75) is 13.8 Å². The zero-order valence-electron chi connectivity index (χ0n) is 8.08. The maximum Gasteiger partial charge on any atom is 0.0287 e. The number of hydrogen-bond donors (Lipinski definition) is 0. The fourth-order valence-corrected chi connectivity index (χ4v) is 2.89. The van der Waals surface area contributed by atoms with Crippen LogP contribution in [0.4, 0.5) is 0 Å². The number of nitrogens with zero attached hydrogens (tertiary/aromatic N) is 1. The van der Waals surface area contributed by atoms with E-state index in [0.29, 0.717) is 5.92 Å². The quantitative estimate of drug-likeness (QED) is 0.595. The molecule has 1 saturated heterocycles. The normalized spacial score (nSPS) is 24.6. The van der Waals surface area contributed by atoms with Gasteiger partial charge in [-0.1, -0.05) is 13.8 Å². The van der Waals surface area contributed by atoms with Gasteiger partial charge in [-0.2, -0.15) is 0 Å². The molecule has 0 radical (unpaired) electrons. The zero-order valence-corrected chi connectivity index (χ0v) is 8.90. The van der Waals surface area contributed by atoms with E-state index >= 15 is 0 Å². The minimum atomic E-state index is -1.69. The third kappa shape index (κ3) is 3.15. The van der Waals surface area contributed by atoms with Crippen molar-refractivity contribution < 1.29 is 4.21 Å². The standard InChI is InChI=1S/C9H19NOS/c1-9(2)8-10-4-6-12(3,11)7-5-10/h9H,3-8H2,1-2H3. The molecular formula is C9H19NOS. The first-order valence-electron chi connectivity index (χ1n) is 4.54. The van der Waals surface area contributed by atoms with Gasteiger partial charge < -0.3 is 4.90 Å². The summed E-state index contributed by atoms with van der Waals surface area (Å²) in [6, 6.07) is 0. The molecule has 0 saturated carbocycles. The summed E-state index contributed by atoms with van der Waals surface area (Å²) in [5, 5.41) is 0. The van der Waals surface area contributed by atoms with E-state index in [4.69, 9.17) is 0 Å². The van der Waals surface area contributed by atoms with E-state index in [-0.39, 0.29) is 0 Å². The van der Waals surface area contributed by atoms with Crippen LogP contribution in [-0.4, -0.2) is 46.1 Å². The Kier molecular flexibility index (Phi) is 3.18. The first kappa shape index (κ1) is 10.1. The van der Waals surface area contributed by atoms with Crippen LogP contribution in [0.25, 0.3) is 0 Å². The Morgan fingerprint density at radius 2 is 1.92 bits per heavy atom. The van der Waals surface area contributed by atoms with Gasteiger partial charge in [0.25, 0.3) is 0 Å². The van der Waals surface area contributed by atoms with Crippen molar-refractivity contribution in [2.24, 2.45) is 5.92 Å². The van der Waals surface area contributed by atoms with Crippen LogP contribution in [0.3, 0.4) is 0 Å².